The standard InChI is InChI=1S/C9H4N3O2/c10-5-7-9(13)12(14)8-4-2-1-3-6(8)11-7/h1-4H/q-1. The van der Waals surface area contributed by atoms with Crippen LogP contribution in [0.4, 0.5) is 0 Å². The Morgan fingerprint density at radius 3 is 2.86 bits per heavy atom. The molecule has 0 radical (unpaired) electrons. The summed E-state index contributed by atoms with van der Waals surface area (Å²) in [6, 6.07) is 7.95. The van der Waals surface area contributed by atoms with Crippen LogP contribution >= 0.6 is 0 Å². The number of rotatable bonds is 0. The quantitative estimate of drug-likeness (QED) is 0.603. The van der Waals surface area contributed by atoms with Gasteiger partial charge in [0.05, 0.1) is 11.0 Å². The van der Waals surface area contributed by atoms with E-state index in [4.69, 9.17) is 5.26 Å². The van der Waals surface area contributed by atoms with Gasteiger partial charge in [-0.3, -0.25) is 4.79 Å². The molecule has 0 aliphatic rings. The number of para-hydroxylation sites is 2. The summed E-state index contributed by atoms with van der Waals surface area (Å²) in [4.78, 5) is 14.9. The first-order valence-corrected chi connectivity index (χ1v) is 3.83. The van der Waals surface area contributed by atoms with Gasteiger partial charge in [0.1, 0.15) is 6.07 Å². The summed E-state index contributed by atoms with van der Waals surface area (Å²) >= 11 is 0. The van der Waals surface area contributed by atoms with Gasteiger partial charge in [0.25, 0.3) is 5.56 Å². The molecule has 2 rings (SSSR count). The second-order valence-electron chi connectivity index (χ2n) is 2.66. The summed E-state index contributed by atoms with van der Waals surface area (Å²) in [5.41, 5.74) is -0.764. The van der Waals surface area contributed by atoms with Gasteiger partial charge in [-0.25, -0.2) is 4.98 Å². The van der Waals surface area contributed by atoms with E-state index < -0.39 is 5.56 Å². The van der Waals surface area contributed by atoms with Gasteiger partial charge in [0.15, 0.2) is 0 Å². The van der Waals surface area contributed by atoms with Crippen molar-refractivity contribution in [3.8, 4) is 6.07 Å². The van der Waals surface area contributed by atoms with Gasteiger partial charge in [0, 0.05) is 0 Å². The van der Waals surface area contributed by atoms with E-state index in [0.29, 0.717) is 5.52 Å². The van der Waals surface area contributed by atoms with Crippen molar-refractivity contribution in [1.82, 2.24) is 9.71 Å². The molecule has 1 aromatic heterocycles. The Labute approximate surface area is 78.4 Å². The molecule has 0 saturated carbocycles. The number of nitriles is 1. The van der Waals surface area contributed by atoms with Gasteiger partial charge in [0.2, 0.25) is 5.69 Å². The van der Waals surface area contributed by atoms with Crippen LogP contribution in [-0.4, -0.2) is 9.71 Å². The van der Waals surface area contributed by atoms with E-state index in [9.17, 15) is 10.0 Å². The first-order chi connectivity index (χ1) is 6.74. The molecule has 2 aromatic rings. The maximum atomic E-state index is 11.3. The molecule has 0 aliphatic heterocycles. The minimum absolute atomic E-state index is 0.177. The molecule has 0 saturated heterocycles. The minimum atomic E-state index is -0.911. The number of hydrogen-bond donors (Lipinski definition) is 0. The van der Waals surface area contributed by atoms with E-state index in [1.165, 1.54) is 6.07 Å². The summed E-state index contributed by atoms with van der Waals surface area (Å²) < 4.78 is 0.181. The molecule has 0 fully saturated rings. The fourth-order valence-corrected chi connectivity index (χ4v) is 1.18. The second kappa shape index (κ2) is 2.85. The van der Waals surface area contributed by atoms with Crippen LogP contribution in [0.3, 0.4) is 0 Å². The number of fused-ring (bicyclic) bond motifs is 1. The lowest BCUT2D eigenvalue weighted by Gasteiger charge is -2.12. The van der Waals surface area contributed by atoms with Crippen molar-refractivity contribution in [2.75, 3.05) is 0 Å². The number of aromatic nitrogens is 2. The van der Waals surface area contributed by atoms with E-state index in [1.54, 1.807) is 24.3 Å². The lowest BCUT2D eigenvalue weighted by atomic mass is 10.3. The molecule has 0 N–H and O–H groups in total. The topological polar surface area (TPSA) is 81.7 Å². The fraction of sp³-hybridized carbons (Fsp3) is 0. The summed E-state index contributed by atoms with van der Waals surface area (Å²) in [5.74, 6) is 0. The van der Waals surface area contributed by atoms with Crippen molar-refractivity contribution < 1.29 is 0 Å². The Hall–Kier alpha value is -2.35. The highest BCUT2D eigenvalue weighted by Gasteiger charge is 2.04. The third-order valence-electron chi connectivity index (χ3n) is 1.83. The lowest BCUT2D eigenvalue weighted by Crippen LogP contribution is -2.20. The Morgan fingerprint density at radius 1 is 1.43 bits per heavy atom. The number of hydrogen-bond acceptors (Lipinski definition) is 4. The maximum absolute atomic E-state index is 11.3. The van der Waals surface area contributed by atoms with Crippen molar-refractivity contribution in [2.45, 2.75) is 0 Å². The van der Waals surface area contributed by atoms with Gasteiger partial charge in [-0.1, -0.05) is 12.1 Å². The third-order valence-corrected chi connectivity index (χ3v) is 1.83. The molecule has 0 unspecified atom stereocenters. The Balaban J connectivity index is 3.01. The molecule has 1 heterocycles. The van der Waals surface area contributed by atoms with Crippen LogP contribution in [0.25, 0.3) is 11.0 Å². The first-order valence-electron chi connectivity index (χ1n) is 3.83. The SMILES string of the molecule is N#Cc1nc2ccccc2n([O-])c1=O. The highest BCUT2D eigenvalue weighted by atomic mass is 16.5. The Kier molecular flexibility index (Phi) is 1.68. The zero-order chi connectivity index (χ0) is 10.1. The highest BCUT2D eigenvalue weighted by molar-refractivity contribution is 5.75. The molecule has 0 amide bonds. The molecule has 0 aliphatic carbocycles. The average Bonchev–Trinajstić information content (AvgIpc) is 2.23. The maximum Gasteiger partial charge on any atom is 0.283 e. The zero-order valence-electron chi connectivity index (χ0n) is 6.97. The molecular formula is C9H4N3O2-. The molecule has 0 atom stereocenters. The second-order valence-corrected chi connectivity index (χ2v) is 2.66. The molecule has 68 valence electrons. The minimum Gasteiger partial charge on any atom is -0.803 e. The Morgan fingerprint density at radius 2 is 2.14 bits per heavy atom. The van der Waals surface area contributed by atoms with E-state index in [-0.39, 0.29) is 15.9 Å². The summed E-state index contributed by atoms with van der Waals surface area (Å²) in [5, 5.41) is 19.9. The van der Waals surface area contributed by atoms with Gasteiger partial charge in [-0.15, -0.1) is 0 Å². The number of benzene rings is 1. The molecule has 5 heteroatoms. The molecule has 1 aromatic carbocycles. The average molecular weight is 186 g/mol. The Bertz CT molecular complexity index is 595. The molecule has 0 bridgehead atoms. The fourth-order valence-electron chi connectivity index (χ4n) is 1.18. The van der Waals surface area contributed by atoms with Crippen LogP contribution in [-0.2, 0) is 0 Å². The monoisotopic (exact) mass is 186 g/mol. The van der Waals surface area contributed by atoms with E-state index in [2.05, 4.69) is 4.98 Å². The van der Waals surface area contributed by atoms with Crippen LogP contribution in [0.2, 0.25) is 0 Å². The van der Waals surface area contributed by atoms with Crippen LogP contribution in [0, 0.1) is 16.5 Å². The predicted octanol–water partition coefficient (Wildman–Crippen LogP) is 0.614. The normalized spacial score (nSPS) is 9.93. The van der Waals surface area contributed by atoms with Gasteiger partial charge in [-0.05, 0) is 12.1 Å². The summed E-state index contributed by atoms with van der Waals surface area (Å²) in [7, 11) is 0. The predicted molar refractivity (Wildman–Crippen MR) is 49.5 cm³/mol. The van der Waals surface area contributed by atoms with Crippen LogP contribution in [0.1, 0.15) is 5.69 Å². The van der Waals surface area contributed by atoms with Crippen LogP contribution < -0.4 is 5.56 Å². The third kappa shape index (κ3) is 1.02. The zero-order valence-corrected chi connectivity index (χ0v) is 6.97. The van der Waals surface area contributed by atoms with Gasteiger partial charge in [-0.2, -0.15) is 5.26 Å². The van der Waals surface area contributed by atoms with Crippen molar-refractivity contribution in [3.05, 3.63) is 45.5 Å². The largest absolute Gasteiger partial charge is 0.803 e. The first kappa shape index (κ1) is 8.26. The van der Waals surface area contributed by atoms with Gasteiger partial charge < -0.3 is 9.94 Å². The van der Waals surface area contributed by atoms with E-state index in [0.717, 1.165) is 0 Å². The molecular weight excluding hydrogens is 182 g/mol. The smallest absolute Gasteiger partial charge is 0.283 e. The number of nitrogens with zero attached hydrogens (tertiary/aromatic N) is 3. The van der Waals surface area contributed by atoms with Crippen LogP contribution in [0.5, 0.6) is 0 Å². The molecule has 0 spiro atoms. The van der Waals surface area contributed by atoms with Crippen molar-refractivity contribution in [1.29, 1.82) is 5.26 Å². The summed E-state index contributed by atoms with van der Waals surface area (Å²) in [6.45, 7) is 0. The molecule has 14 heavy (non-hydrogen) atoms. The lowest BCUT2D eigenvalue weighted by molar-refractivity contribution is 1.01. The van der Waals surface area contributed by atoms with Crippen molar-refractivity contribution in [3.63, 3.8) is 0 Å². The van der Waals surface area contributed by atoms with E-state index in [1.807, 2.05) is 0 Å². The molecule has 5 nitrogen and oxygen atoms in total. The highest BCUT2D eigenvalue weighted by Crippen LogP contribution is 2.07. The van der Waals surface area contributed by atoms with Crippen molar-refractivity contribution >= 4 is 11.0 Å². The van der Waals surface area contributed by atoms with Gasteiger partial charge >= 0.3 is 0 Å². The van der Waals surface area contributed by atoms with Crippen molar-refractivity contribution in [2.24, 2.45) is 0 Å². The van der Waals surface area contributed by atoms with Crippen LogP contribution in [0.15, 0.2) is 29.1 Å². The van der Waals surface area contributed by atoms with E-state index >= 15 is 0 Å². The summed E-state index contributed by atoms with van der Waals surface area (Å²) in [6.07, 6.45) is 0.